The Balaban J connectivity index is 2.90. The molecule has 0 heterocycles. The molecule has 130 valence electrons. The number of methoxy groups -OCH3 is 3. The van der Waals surface area contributed by atoms with Gasteiger partial charge in [0.25, 0.3) is 0 Å². The molecule has 6 nitrogen and oxygen atoms in total. The maximum absolute atomic E-state index is 11.1. The van der Waals surface area contributed by atoms with Crippen molar-refractivity contribution in [3.8, 4) is 17.2 Å². The molecule has 23 heavy (non-hydrogen) atoms. The Morgan fingerprint density at radius 1 is 1.22 bits per heavy atom. The molecule has 0 bridgehead atoms. The maximum atomic E-state index is 11.1. The Morgan fingerprint density at radius 2 is 1.78 bits per heavy atom. The molecule has 0 aliphatic rings. The van der Waals surface area contributed by atoms with Crippen LogP contribution in [0.15, 0.2) is 12.1 Å². The predicted octanol–water partition coefficient (Wildman–Crippen LogP) is 2.47. The van der Waals surface area contributed by atoms with Crippen LogP contribution in [0.5, 0.6) is 17.2 Å². The summed E-state index contributed by atoms with van der Waals surface area (Å²) in [6.07, 6.45) is 1.84. The second kappa shape index (κ2) is 8.06. The van der Waals surface area contributed by atoms with E-state index in [1.165, 1.54) is 0 Å². The summed E-state index contributed by atoms with van der Waals surface area (Å²) in [7, 11) is 4.78. The number of ether oxygens (including phenoxy) is 3. The predicted molar refractivity (Wildman–Crippen MR) is 88.4 cm³/mol. The van der Waals surface area contributed by atoms with Crippen molar-refractivity contribution in [2.24, 2.45) is 11.7 Å². The van der Waals surface area contributed by atoms with E-state index in [0.717, 1.165) is 17.7 Å². The molecule has 6 heteroatoms. The van der Waals surface area contributed by atoms with Crippen LogP contribution in [0.1, 0.15) is 32.3 Å². The summed E-state index contributed by atoms with van der Waals surface area (Å²) in [5.41, 5.74) is 5.51. The van der Waals surface area contributed by atoms with Crippen molar-refractivity contribution < 1.29 is 24.1 Å². The van der Waals surface area contributed by atoms with Crippen LogP contribution in [0.3, 0.4) is 0 Å². The van der Waals surface area contributed by atoms with Crippen LogP contribution in [-0.2, 0) is 11.2 Å². The van der Waals surface area contributed by atoms with Crippen LogP contribution in [0.2, 0.25) is 0 Å². The molecule has 3 N–H and O–H groups in total. The molecule has 0 spiro atoms. The Kier molecular flexibility index (Phi) is 6.69. The van der Waals surface area contributed by atoms with E-state index in [9.17, 15) is 4.79 Å². The Bertz CT molecular complexity index is 542. The molecule has 1 aromatic carbocycles. The van der Waals surface area contributed by atoms with E-state index in [1.807, 2.05) is 13.0 Å². The lowest BCUT2D eigenvalue weighted by molar-refractivity contribution is -0.143. The highest BCUT2D eigenvalue weighted by Gasteiger charge is 2.30. The number of rotatable bonds is 9. The number of benzene rings is 1. The van der Waals surface area contributed by atoms with Crippen molar-refractivity contribution in [2.75, 3.05) is 21.3 Å². The van der Waals surface area contributed by atoms with Crippen LogP contribution in [0, 0.1) is 5.92 Å². The van der Waals surface area contributed by atoms with Crippen LogP contribution in [0.25, 0.3) is 0 Å². The summed E-state index contributed by atoms with van der Waals surface area (Å²) in [5.74, 6) is 1.17. The average molecular weight is 325 g/mol. The number of aliphatic carboxylic acids is 1. The summed E-state index contributed by atoms with van der Waals surface area (Å²) in [4.78, 5) is 11.1. The lowest BCUT2D eigenvalue weighted by Gasteiger charge is -2.24. The molecule has 0 saturated heterocycles. The number of carbonyl (C=O) groups is 1. The normalized spacial score (nSPS) is 14.7. The minimum absolute atomic E-state index is 0.140. The van der Waals surface area contributed by atoms with E-state index < -0.39 is 11.5 Å². The quantitative estimate of drug-likeness (QED) is 0.725. The molecule has 1 rings (SSSR count). The second-order valence-corrected chi connectivity index (χ2v) is 6.05. The van der Waals surface area contributed by atoms with Crippen LogP contribution in [0.4, 0.5) is 0 Å². The van der Waals surface area contributed by atoms with E-state index >= 15 is 0 Å². The molecule has 0 aliphatic carbocycles. The first-order valence-corrected chi connectivity index (χ1v) is 7.57. The Hall–Kier alpha value is -1.95. The smallest absolute Gasteiger partial charge is 0.323 e. The molecule has 0 amide bonds. The number of nitrogens with two attached hydrogens (primary N) is 1. The molecule has 1 aromatic rings. The van der Waals surface area contributed by atoms with Gasteiger partial charge in [0.2, 0.25) is 0 Å². The van der Waals surface area contributed by atoms with Gasteiger partial charge in [-0.2, -0.15) is 0 Å². The van der Waals surface area contributed by atoms with Gasteiger partial charge in [0.15, 0.2) is 11.5 Å². The van der Waals surface area contributed by atoms with Gasteiger partial charge in [0, 0.05) is 5.56 Å². The topological polar surface area (TPSA) is 91.0 Å². The fourth-order valence-electron chi connectivity index (χ4n) is 2.70. The number of carboxylic acid groups (broad SMARTS) is 1. The summed E-state index contributed by atoms with van der Waals surface area (Å²) in [5, 5.41) is 9.13. The fraction of sp³-hybridized carbons (Fsp3) is 0.588. The zero-order valence-corrected chi connectivity index (χ0v) is 14.5. The van der Waals surface area contributed by atoms with Crippen LogP contribution < -0.4 is 19.9 Å². The zero-order chi connectivity index (χ0) is 17.6. The van der Waals surface area contributed by atoms with Crippen molar-refractivity contribution in [3.05, 3.63) is 17.7 Å². The maximum Gasteiger partial charge on any atom is 0.323 e. The van der Waals surface area contributed by atoms with Crippen molar-refractivity contribution in [2.45, 2.75) is 38.6 Å². The molecular weight excluding hydrogens is 298 g/mol. The van der Waals surface area contributed by atoms with E-state index in [1.54, 1.807) is 34.3 Å². The molecule has 2 atom stereocenters. The van der Waals surface area contributed by atoms with Crippen molar-refractivity contribution in [3.63, 3.8) is 0 Å². The third-order valence-electron chi connectivity index (χ3n) is 3.97. The fourth-order valence-corrected chi connectivity index (χ4v) is 2.70. The second-order valence-electron chi connectivity index (χ2n) is 6.05. The van der Waals surface area contributed by atoms with E-state index in [-0.39, 0.29) is 5.92 Å². The van der Waals surface area contributed by atoms with Gasteiger partial charge in [-0.3, -0.25) is 4.79 Å². The Labute approximate surface area is 137 Å². The van der Waals surface area contributed by atoms with Gasteiger partial charge in [-0.1, -0.05) is 6.92 Å². The lowest BCUT2D eigenvalue weighted by atomic mass is 9.87. The van der Waals surface area contributed by atoms with E-state index in [0.29, 0.717) is 24.3 Å². The average Bonchev–Trinajstić information content (AvgIpc) is 2.50. The summed E-state index contributed by atoms with van der Waals surface area (Å²) in [6, 6.07) is 3.64. The SMILES string of the molecule is COc1ccc(OC)c(OC)c1CCC(C)CC(C)(N)C(=O)O. The van der Waals surface area contributed by atoms with Gasteiger partial charge in [0.05, 0.1) is 21.3 Å². The lowest BCUT2D eigenvalue weighted by Crippen LogP contribution is -2.46. The first-order valence-electron chi connectivity index (χ1n) is 7.57. The standard InChI is InChI=1S/C17H27NO5/c1-11(10-17(2,18)16(19)20)6-7-12-13(21-3)8-9-14(22-4)15(12)23-5/h8-9,11H,6-7,10,18H2,1-5H3,(H,19,20). The largest absolute Gasteiger partial charge is 0.496 e. The molecule has 0 fully saturated rings. The van der Waals surface area contributed by atoms with Gasteiger partial charge in [-0.15, -0.1) is 0 Å². The summed E-state index contributed by atoms with van der Waals surface area (Å²) >= 11 is 0. The number of hydrogen-bond acceptors (Lipinski definition) is 5. The van der Waals surface area contributed by atoms with Gasteiger partial charge in [0.1, 0.15) is 11.3 Å². The highest BCUT2D eigenvalue weighted by atomic mass is 16.5. The first kappa shape index (κ1) is 19.1. The molecule has 2 unspecified atom stereocenters. The highest BCUT2D eigenvalue weighted by Crippen LogP contribution is 2.38. The minimum Gasteiger partial charge on any atom is -0.496 e. The molecule has 0 aliphatic heterocycles. The Morgan fingerprint density at radius 3 is 2.26 bits per heavy atom. The zero-order valence-electron chi connectivity index (χ0n) is 14.5. The number of carboxylic acids is 1. The third kappa shape index (κ3) is 4.76. The number of hydrogen-bond donors (Lipinski definition) is 2. The summed E-state index contributed by atoms with van der Waals surface area (Å²) < 4.78 is 16.2. The van der Waals surface area contributed by atoms with Crippen molar-refractivity contribution >= 4 is 5.97 Å². The monoisotopic (exact) mass is 325 g/mol. The van der Waals surface area contributed by atoms with Gasteiger partial charge in [-0.05, 0) is 44.2 Å². The molecule has 0 radical (unpaired) electrons. The highest BCUT2D eigenvalue weighted by molar-refractivity contribution is 5.77. The summed E-state index contributed by atoms with van der Waals surface area (Å²) in [6.45, 7) is 3.53. The van der Waals surface area contributed by atoms with E-state index in [4.69, 9.17) is 25.1 Å². The van der Waals surface area contributed by atoms with E-state index in [2.05, 4.69) is 0 Å². The molecule has 0 aromatic heterocycles. The van der Waals surface area contributed by atoms with Gasteiger partial charge in [-0.25, -0.2) is 0 Å². The van der Waals surface area contributed by atoms with Crippen LogP contribution in [-0.4, -0.2) is 37.9 Å². The molecular formula is C17H27NO5. The first-order chi connectivity index (χ1) is 10.8. The minimum atomic E-state index is -1.22. The van der Waals surface area contributed by atoms with Crippen molar-refractivity contribution in [1.29, 1.82) is 0 Å². The third-order valence-corrected chi connectivity index (χ3v) is 3.97. The van der Waals surface area contributed by atoms with Crippen molar-refractivity contribution in [1.82, 2.24) is 0 Å². The molecule has 0 saturated carbocycles. The van der Waals surface area contributed by atoms with Gasteiger partial charge < -0.3 is 25.1 Å². The van der Waals surface area contributed by atoms with Gasteiger partial charge >= 0.3 is 5.97 Å². The van der Waals surface area contributed by atoms with Crippen LogP contribution >= 0.6 is 0 Å².